The van der Waals surface area contributed by atoms with Gasteiger partial charge in [-0.15, -0.1) is 6.58 Å². The van der Waals surface area contributed by atoms with Crippen molar-refractivity contribution in [2.24, 2.45) is 0 Å². The third-order valence-electron chi connectivity index (χ3n) is 5.93. The first-order valence-corrected chi connectivity index (χ1v) is 11.6. The standard InChI is InChI=1S/C24H20NO6P/c1-3-11-30-32(28,29)31-19-10-6-9-17-20(19)24(27)18-13-25-12-15-7-4-5-8-16(15)14(2)22(25)21(18)23(17)26/h3-10,13-14H,1,11-12H2,2H3,(H,28,29). The number of benzene rings is 2. The maximum atomic E-state index is 13.5. The molecule has 0 fully saturated rings. The lowest BCUT2D eigenvalue weighted by molar-refractivity contribution is 0.0977. The topological polar surface area (TPSA) is 94.8 Å². The smallest absolute Gasteiger partial charge is 0.403 e. The van der Waals surface area contributed by atoms with Crippen LogP contribution in [0, 0.1) is 0 Å². The number of hydrogen-bond acceptors (Lipinski definition) is 5. The number of nitrogens with zero attached hydrogens (tertiary/aromatic N) is 1. The summed E-state index contributed by atoms with van der Waals surface area (Å²) in [5.74, 6) is -0.958. The van der Waals surface area contributed by atoms with Gasteiger partial charge in [0.05, 0.1) is 23.3 Å². The number of phosphoric ester groups is 1. The molecular weight excluding hydrogens is 429 g/mol. The molecule has 7 nitrogen and oxygen atoms in total. The highest BCUT2D eigenvalue weighted by Gasteiger charge is 2.40. The Morgan fingerprint density at radius 1 is 1.12 bits per heavy atom. The third-order valence-corrected chi connectivity index (χ3v) is 6.83. The molecule has 0 spiro atoms. The largest absolute Gasteiger partial charge is 0.527 e. The molecule has 8 heteroatoms. The van der Waals surface area contributed by atoms with Gasteiger partial charge >= 0.3 is 7.82 Å². The van der Waals surface area contributed by atoms with E-state index in [4.69, 9.17) is 9.05 Å². The van der Waals surface area contributed by atoms with Gasteiger partial charge in [-0.25, -0.2) is 4.57 Å². The van der Waals surface area contributed by atoms with E-state index in [1.165, 1.54) is 24.3 Å². The Labute approximate surface area is 184 Å². The summed E-state index contributed by atoms with van der Waals surface area (Å²) >= 11 is 0. The van der Waals surface area contributed by atoms with Gasteiger partial charge in [0.1, 0.15) is 5.75 Å². The first kappa shape index (κ1) is 20.6. The van der Waals surface area contributed by atoms with E-state index >= 15 is 0 Å². The van der Waals surface area contributed by atoms with Gasteiger partial charge in [-0.1, -0.05) is 49.4 Å². The van der Waals surface area contributed by atoms with Crippen LogP contribution < -0.4 is 4.52 Å². The van der Waals surface area contributed by atoms with Gasteiger partial charge in [0, 0.05) is 29.9 Å². The van der Waals surface area contributed by atoms with E-state index in [2.05, 4.69) is 6.58 Å². The van der Waals surface area contributed by atoms with Crippen molar-refractivity contribution >= 4 is 19.4 Å². The van der Waals surface area contributed by atoms with Gasteiger partial charge in [-0.05, 0) is 17.2 Å². The van der Waals surface area contributed by atoms with Crippen LogP contribution in [-0.4, -0.2) is 27.6 Å². The molecule has 5 rings (SSSR count). The van der Waals surface area contributed by atoms with Gasteiger partial charge in [0.15, 0.2) is 11.6 Å². The minimum Gasteiger partial charge on any atom is -0.403 e. The lowest BCUT2D eigenvalue weighted by Crippen LogP contribution is -2.23. The maximum absolute atomic E-state index is 13.5. The normalized spacial score (nSPS) is 18.1. The van der Waals surface area contributed by atoms with Crippen molar-refractivity contribution in [3.63, 3.8) is 0 Å². The summed E-state index contributed by atoms with van der Waals surface area (Å²) in [7, 11) is -4.50. The second kappa shape index (κ2) is 7.41. The summed E-state index contributed by atoms with van der Waals surface area (Å²) in [4.78, 5) is 37.0. The van der Waals surface area contributed by atoms with Crippen LogP contribution in [0.15, 0.2) is 61.3 Å². The van der Waals surface area contributed by atoms with Crippen LogP contribution in [-0.2, 0) is 15.6 Å². The van der Waals surface area contributed by atoms with Gasteiger partial charge in [0.2, 0.25) is 0 Å². The third kappa shape index (κ3) is 3.09. The Kier molecular flexibility index (Phi) is 4.78. The Morgan fingerprint density at radius 2 is 1.88 bits per heavy atom. The molecule has 2 atom stereocenters. The van der Waals surface area contributed by atoms with E-state index < -0.39 is 13.6 Å². The minimum absolute atomic E-state index is 0.0328. The van der Waals surface area contributed by atoms with Crippen LogP contribution in [0.5, 0.6) is 5.75 Å². The molecule has 1 aliphatic heterocycles. The highest BCUT2D eigenvalue weighted by atomic mass is 31.2. The van der Waals surface area contributed by atoms with Gasteiger partial charge in [-0.2, -0.15) is 0 Å². The second-order valence-electron chi connectivity index (χ2n) is 7.83. The van der Waals surface area contributed by atoms with Crippen LogP contribution in [0.25, 0.3) is 0 Å². The predicted octanol–water partition coefficient (Wildman–Crippen LogP) is 4.46. The van der Waals surface area contributed by atoms with Gasteiger partial charge in [0.25, 0.3) is 0 Å². The molecule has 162 valence electrons. The number of fused-ring (bicyclic) bond motifs is 5. The van der Waals surface area contributed by atoms with E-state index in [1.54, 1.807) is 6.20 Å². The average Bonchev–Trinajstić information content (AvgIpc) is 3.16. The lowest BCUT2D eigenvalue weighted by atomic mass is 9.81. The summed E-state index contributed by atoms with van der Waals surface area (Å²) in [5.41, 5.74) is 3.84. The molecule has 2 aromatic carbocycles. The first-order valence-electron chi connectivity index (χ1n) is 10.1. The summed E-state index contributed by atoms with van der Waals surface area (Å²) in [5, 5.41) is 0. The molecule has 0 saturated heterocycles. The van der Waals surface area contributed by atoms with Crippen LogP contribution >= 0.6 is 7.82 Å². The fourth-order valence-corrected chi connectivity index (χ4v) is 5.35. The summed E-state index contributed by atoms with van der Waals surface area (Å²) in [6.07, 6.45) is 3.00. The zero-order valence-electron chi connectivity index (χ0n) is 17.3. The first-order chi connectivity index (χ1) is 15.3. The monoisotopic (exact) mass is 449 g/mol. The predicted molar refractivity (Wildman–Crippen MR) is 117 cm³/mol. The lowest BCUT2D eigenvalue weighted by Gasteiger charge is -2.27. The van der Waals surface area contributed by atoms with E-state index in [9.17, 15) is 19.0 Å². The minimum atomic E-state index is -4.50. The Balaban J connectivity index is 1.61. The van der Waals surface area contributed by atoms with E-state index in [-0.39, 0.29) is 40.7 Å². The van der Waals surface area contributed by atoms with Crippen molar-refractivity contribution in [3.8, 4) is 5.75 Å². The van der Waals surface area contributed by atoms with Crippen LogP contribution in [0.3, 0.4) is 0 Å². The molecule has 0 amide bonds. The van der Waals surface area contributed by atoms with E-state index in [0.717, 1.165) is 16.8 Å². The van der Waals surface area contributed by atoms with Gasteiger partial charge in [-0.3, -0.25) is 19.0 Å². The van der Waals surface area contributed by atoms with Gasteiger partial charge < -0.3 is 9.09 Å². The highest BCUT2D eigenvalue weighted by Crippen LogP contribution is 2.47. The van der Waals surface area contributed by atoms with Crippen LogP contribution in [0.1, 0.15) is 61.5 Å². The Morgan fingerprint density at radius 3 is 2.66 bits per heavy atom. The molecule has 32 heavy (non-hydrogen) atoms. The molecule has 1 aromatic heterocycles. The zero-order chi connectivity index (χ0) is 22.6. The zero-order valence-corrected chi connectivity index (χ0v) is 18.2. The number of ketones is 2. The molecule has 0 radical (unpaired) electrons. The van der Waals surface area contributed by atoms with Crippen molar-refractivity contribution in [3.05, 3.63) is 100 Å². The quantitative estimate of drug-likeness (QED) is 0.357. The fraction of sp³-hybridized carbons (Fsp3) is 0.167. The molecule has 0 saturated carbocycles. The fourth-order valence-electron chi connectivity index (χ4n) is 4.61. The average molecular weight is 449 g/mol. The number of phosphoric acid groups is 1. The SMILES string of the molecule is C=CCOP(=O)(O)Oc1cccc2c1C(=O)c1cn3c(c1C2=O)C(C)c1ccccc1C3. The summed E-state index contributed by atoms with van der Waals surface area (Å²) in [6, 6.07) is 12.4. The van der Waals surface area contributed by atoms with Crippen LogP contribution in [0.4, 0.5) is 0 Å². The Hall–Kier alpha value is -3.25. The molecular formula is C24H20NO6P. The molecule has 1 aliphatic carbocycles. The van der Waals surface area contributed by atoms with Crippen molar-refractivity contribution in [2.75, 3.05) is 6.61 Å². The molecule has 3 aromatic rings. The molecule has 2 unspecified atom stereocenters. The van der Waals surface area contributed by atoms with Crippen molar-refractivity contribution in [2.45, 2.75) is 19.4 Å². The summed E-state index contributed by atoms with van der Waals surface area (Å²) < 4.78 is 24.2. The van der Waals surface area contributed by atoms with E-state index in [0.29, 0.717) is 12.1 Å². The van der Waals surface area contributed by atoms with Crippen LogP contribution in [0.2, 0.25) is 0 Å². The van der Waals surface area contributed by atoms with Crippen molar-refractivity contribution in [1.82, 2.24) is 4.57 Å². The summed E-state index contributed by atoms with van der Waals surface area (Å²) in [6.45, 7) is 5.81. The highest BCUT2D eigenvalue weighted by molar-refractivity contribution is 7.47. The van der Waals surface area contributed by atoms with Crippen molar-refractivity contribution in [1.29, 1.82) is 0 Å². The molecule has 2 aliphatic rings. The number of hydrogen-bond donors (Lipinski definition) is 1. The maximum Gasteiger partial charge on any atom is 0.527 e. The number of carbonyl (C=O) groups is 2. The Bertz CT molecular complexity index is 1350. The molecule has 0 bridgehead atoms. The second-order valence-corrected chi connectivity index (χ2v) is 9.21. The van der Waals surface area contributed by atoms with Crippen molar-refractivity contribution < 1.29 is 28.1 Å². The number of aromatic nitrogens is 1. The molecule has 2 heterocycles. The molecule has 1 N–H and O–H groups in total. The van der Waals surface area contributed by atoms with E-state index in [1.807, 2.05) is 35.8 Å². The number of rotatable bonds is 5. The number of carbonyl (C=O) groups excluding carboxylic acids is 2.